The number of rotatable bonds is 3. The van der Waals surface area contributed by atoms with Crippen LogP contribution < -0.4 is 5.32 Å². The number of aliphatic imine (C=N–C) groups is 1. The number of hydrogen-bond acceptors (Lipinski definition) is 3. The number of urea groups is 1. The minimum atomic E-state index is -4.87. The second kappa shape index (κ2) is 8.52. The number of likely N-dealkylation sites (N-methyl/N-ethyl adjacent to an activating group) is 1. The largest absolute Gasteiger partial charge is 0.416 e. The number of likely N-dealkylation sites (tertiary alicyclic amines) is 1. The molecule has 0 aromatic heterocycles. The van der Waals surface area contributed by atoms with E-state index in [0.29, 0.717) is 43.5 Å². The minimum absolute atomic E-state index is 0.0854. The molecule has 0 atom stereocenters. The summed E-state index contributed by atoms with van der Waals surface area (Å²) in [5.41, 5.74) is -2.09. The van der Waals surface area contributed by atoms with Crippen molar-refractivity contribution in [1.29, 1.82) is 0 Å². The Bertz CT molecular complexity index is 898. The highest BCUT2D eigenvalue weighted by Gasteiger charge is 2.38. The number of amidine groups is 1. The van der Waals surface area contributed by atoms with Crippen molar-refractivity contribution in [2.24, 2.45) is 10.9 Å². The molecule has 31 heavy (non-hydrogen) atoms. The molecule has 0 radical (unpaired) electrons. The van der Waals surface area contributed by atoms with E-state index in [0.717, 1.165) is 6.07 Å². The predicted molar refractivity (Wildman–Crippen MR) is 102 cm³/mol. The third kappa shape index (κ3) is 5.20. The summed E-state index contributed by atoms with van der Waals surface area (Å²) < 4.78 is 78.6. The maximum absolute atomic E-state index is 13.4. The van der Waals surface area contributed by atoms with Gasteiger partial charge in [-0.1, -0.05) is 12.1 Å². The molecule has 0 unspecified atom stereocenters. The summed E-state index contributed by atoms with van der Waals surface area (Å²) in [6, 6.07) is 1.49. The fraction of sp³-hybridized carbons (Fsp3) is 0.500. The summed E-state index contributed by atoms with van der Waals surface area (Å²) >= 11 is 0. The lowest BCUT2D eigenvalue weighted by Gasteiger charge is -2.32. The van der Waals surface area contributed by atoms with Gasteiger partial charge in [0.2, 0.25) is 0 Å². The number of nitrogens with zero attached hydrogens (tertiary/aromatic N) is 3. The molecule has 2 aliphatic heterocycles. The first kappa shape index (κ1) is 23.1. The molecule has 1 N–H and O–H groups in total. The van der Waals surface area contributed by atoms with Crippen molar-refractivity contribution >= 4 is 11.9 Å². The van der Waals surface area contributed by atoms with Gasteiger partial charge in [-0.15, -0.1) is 0 Å². The molecular weight excluding hydrogens is 426 g/mol. The molecule has 1 aromatic carbocycles. The van der Waals surface area contributed by atoms with Gasteiger partial charge < -0.3 is 0 Å². The van der Waals surface area contributed by atoms with Crippen molar-refractivity contribution in [3.05, 3.63) is 46.7 Å². The Hall–Kier alpha value is -2.56. The summed E-state index contributed by atoms with van der Waals surface area (Å²) in [4.78, 5) is 19.1. The first-order valence-electron chi connectivity index (χ1n) is 9.63. The number of halogens is 6. The number of alkyl halides is 6. The molecule has 11 heteroatoms. The van der Waals surface area contributed by atoms with Gasteiger partial charge in [-0.2, -0.15) is 26.3 Å². The van der Waals surface area contributed by atoms with Crippen molar-refractivity contribution in [3.8, 4) is 0 Å². The molecule has 0 aliphatic carbocycles. The van der Waals surface area contributed by atoms with Crippen LogP contribution in [-0.4, -0.2) is 48.9 Å². The molecule has 2 fully saturated rings. The van der Waals surface area contributed by atoms with Gasteiger partial charge >= 0.3 is 18.4 Å². The lowest BCUT2D eigenvalue weighted by atomic mass is 9.94. The number of amides is 2. The molecule has 2 aliphatic rings. The van der Waals surface area contributed by atoms with Gasteiger partial charge in [0.15, 0.2) is 5.84 Å². The van der Waals surface area contributed by atoms with Crippen LogP contribution in [0, 0.1) is 5.92 Å². The van der Waals surface area contributed by atoms with E-state index in [1.165, 1.54) is 4.90 Å². The van der Waals surface area contributed by atoms with Gasteiger partial charge in [0.1, 0.15) is 0 Å². The van der Waals surface area contributed by atoms with E-state index in [2.05, 4.69) is 10.3 Å². The smallest absolute Gasteiger partial charge is 0.299 e. The van der Waals surface area contributed by atoms with Crippen molar-refractivity contribution < 1.29 is 31.1 Å². The fourth-order valence-corrected chi connectivity index (χ4v) is 3.78. The fourth-order valence-electron chi connectivity index (χ4n) is 3.78. The van der Waals surface area contributed by atoms with E-state index in [1.807, 2.05) is 6.08 Å². The van der Waals surface area contributed by atoms with Crippen LogP contribution in [0.4, 0.5) is 31.1 Å². The normalized spacial score (nSPS) is 21.9. The highest BCUT2D eigenvalue weighted by atomic mass is 19.4. The van der Waals surface area contributed by atoms with Crippen LogP contribution in [0.3, 0.4) is 0 Å². The number of hydrogen-bond donors (Lipinski definition) is 1. The molecule has 3 rings (SSSR count). The number of nitrogens with one attached hydrogen (secondary N) is 1. The van der Waals surface area contributed by atoms with Crippen LogP contribution in [0.2, 0.25) is 0 Å². The zero-order chi connectivity index (χ0) is 23.0. The summed E-state index contributed by atoms with van der Waals surface area (Å²) in [5.74, 6) is 0.572. The van der Waals surface area contributed by atoms with Crippen LogP contribution in [0.1, 0.15) is 29.5 Å². The van der Waals surface area contributed by atoms with E-state index >= 15 is 0 Å². The summed E-state index contributed by atoms with van der Waals surface area (Å²) in [7, 11) is 3.19. The zero-order valence-electron chi connectivity index (χ0n) is 16.9. The third-order valence-corrected chi connectivity index (χ3v) is 5.52. The number of carbonyl (C=O) groups is 1. The first-order chi connectivity index (χ1) is 14.4. The Kier molecular flexibility index (Phi) is 6.35. The van der Waals surface area contributed by atoms with Gasteiger partial charge in [0.25, 0.3) is 0 Å². The maximum Gasteiger partial charge on any atom is 0.416 e. The van der Waals surface area contributed by atoms with Gasteiger partial charge in [-0.05, 0) is 49.5 Å². The Labute approximate surface area is 175 Å². The second-order valence-corrected chi connectivity index (χ2v) is 7.59. The van der Waals surface area contributed by atoms with E-state index in [9.17, 15) is 31.1 Å². The number of allylic oxidation sites excluding steroid dienone is 1. The van der Waals surface area contributed by atoms with Crippen molar-refractivity contribution in [2.75, 3.05) is 27.2 Å². The maximum atomic E-state index is 13.4. The molecule has 0 saturated carbocycles. The molecule has 170 valence electrons. The van der Waals surface area contributed by atoms with Crippen LogP contribution in [-0.2, 0) is 18.9 Å². The van der Waals surface area contributed by atoms with Gasteiger partial charge in [0.05, 0.1) is 16.8 Å². The molecular formula is C20H22F6N4O. The Balaban J connectivity index is 1.70. The van der Waals surface area contributed by atoms with E-state index in [4.69, 9.17) is 0 Å². The highest BCUT2D eigenvalue weighted by molar-refractivity contribution is 6.14. The standard InChI is InChI=1S/C20H22F6N4O/c1-27-17-16(29(2)18(31)28-17)9-12-5-7-30(8-6-12)11-13-3-4-14(19(21,22)23)10-15(13)20(24,25)26/h3-4,9-10,12H,5-8,11H2,1-2H3,(H,27,28,31)/b16-9+. The van der Waals surface area contributed by atoms with Crippen molar-refractivity contribution in [3.63, 3.8) is 0 Å². The predicted octanol–water partition coefficient (Wildman–Crippen LogP) is 4.50. The second-order valence-electron chi connectivity index (χ2n) is 7.59. The summed E-state index contributed by atoms with van der Waals surface area (Å²) in [6.07, 6.45) is -6.50. The monoisotopic (exact) mass is 448 g/mol. The van der Waals surface area contributed by atoms with Crippen LogP contribution in [0.25, 0.3) is 0 Å². The quantitative estimate of drug-likeness (QED) is 0.693. The SMILES string of the molecule is CN=C1NC(=O)N(C)/C1=C/C1CCN(Cc2ccc(C(F)(F)F)cc2C(F)(F)F)CC1. The number of piperidine rings is 1. The first-order valence-corrected chi connectivity index (χ1v) is 9.63. The Morgan fingerprint density at radius 1 is 1.13 bits per heavy atom. The third-order valence-electron chi connectivity index (χ3n) is 5.52. The molecule has 1 aromatic rings. The van der Waals surface area contributed by atoms with E-state index in [1.54, 1.807) is 19.0 Å². The lowest BCUT2D eigenvalue weighted by Crippen LogP contribution is -2.34. The summed E-state index contributed by atoms with van der Waals surface area (Å²) in [6.45, 7) is 0.880. The van der Waals surface area contributed by atoms with E-state index in [-0.39, 0.29) is 30.1 Å². The minimum Gasteiger partial charge on any atom is -0.299 e. The van der Waals surface area contributed by atoms with Crippen LogP contribution in [0.15, 0.2) is 35.0 Å². The average Bonchev–Trinajstić information content (AvgIpc) is 2.96. The summed E-state index contributed by atoms with van der Waals surface area (Å²) in [5, 5.41) is 2.64. The number of benzene rings is 1. The highest BCUT2D eigenvalue weighted by Crippen LogP contribution is 2.38. The lowest BCUT2D eigenvalue weighted by molar-refractivity contribution is -0.143. The Morgan fingerprint density at radius 3 is 2.32 bits per heavy atom. The molecule has 0 bridgehead atoms. The van der Waals surface area contributed by atoms with Crippen molar-refractivity contribution in [1.82, 2.24) is 15.1 Å². The van der Waals surface area contributed by atoms with Crippen molar-refractivity contribution in [2.45, 2.75) is 31.7 Å². The molecule has 0 spiro atoms. The topological polar surface area (TPSA) is 47.9 Å². The van der Waals surface area contributed by atoms with Gasteiger partial charge in [-0.3, -0.25) is 20.1 Å². The average molecular weight is 448 g/mol. The van der Waals surface area contributed by atoms with Crippen LogP contribution >= 0.6 is 0 Å². The van der Waals surface area contributed by atoms with Gasteiger partial charge in [0, 0.05) is 20.6 Å². The number of carbonyl (C=O) groups excluding carboxylic acids is 1. The molecule has 5 nitrogen and oxygen atoms in total. The van der Waals surface area contributed by atoms with Crippen LogP contribution in [0.5, 0.6) is 0 Å². The molecule has 2 saturated heterocycles. The molecule has 2 heterocycles. The Morgan fingerprint density at radius 2 is 1.77 bits per heavy atom. The van der Waals surface area contributed by atoms with Gasteiger partial charge in [-0.25, -0.2) is 4.79 Å². The molecule has 2 amide bonds. The zero-order valence-corrected chi connectivity index (χ0v) is 16.9. The van der Waals surface area contributed by atoms with E-state index < -0.39 is 23.5 Å².